The molecule has 0 aromatic rings. The maximum Gasteiger partial charge on any atom is 0.306 e. The van der Waals surface area contributed by atoms with Gasteiger partial charge < -0.3 is 14.6 Å². The molecule has 1 atom stereocenters. The highest BCUT2D eigenvalue weighted by molar-refractivity contribution is 5.70. The van der Waals surface area contributed by atoms with Crippen LogP contribution in [0.5, 0.6) is 0 Å². The summed E-state index contributed by atoms with van der Waals surface area (Å²) in [6.45, 7) is 4.02. The molecule has 0 amide bonds. The number of aliphatic hydroxyl groups excluding tert-OH is 1. The fourth-order valence-corrected chi connectivity index (χ4v) is 6.31. The molecule has 1 N–H and O–H groups in total. The van der Waals surface area contributed by atoms with E-state index in [-0.39, 0.29) is 25.2 Å². The Morgan fingerprint density at radius 2 is 0.827 bits per heavy atom. The van der Waals surface area contributed by atoms with E-state index in [1.54, 1.807) is 0 Å². The summed E-state index contributed by atoms with van der Waals surface area (Å²) in [7, 11) is 0. The van der Waals surface area contributed by atoms with Gasteiger partial charge in [0.15, 0.2) is 6.10 Å². The first-order valence-corrected chi connectivity index (χ1v) is 22.2. The van der Waals surface area contributed by atoms with Gasteiger partial charge in [-0.25, -0.2) is 0 Å². The molecule has 5 nitrogen and oxygen atoms in total. The van der Waals surface area contributed by atoms with Crippen molar-refractivity contribution in [1.29, 1.82) is 0 Å². The van der Waals surface area contributed by atoms with Crippen LogP contribution < -0.4 is 0 Å². The summed E-state index contributed by atoms with van der Waals surface area (Å²) in [5.41, 5.74) is 0. The molecule has 5 heteroatoms. The van der Waals surface area contributed by atoms with E-state index in [1.165, 1.54) is 116 Å². The van der Waals surface area contributed by atoms with E-state index in [2.05, 4.69) is 62.5 Å². The van der Waals surface area contributed by atoms with Crippen molar-refractivity contribution in [2.24, 2.45) is 0 Å². The monoisotopic (exact) mass is 729 g/mol. The molecule has 0 bridgehead atoms. The van der Waals surface area contributed by atoms with Crippen molar-refractivity contribution in [3.05, 3.63) is 48.6 Å². The minimum absolute atomic E-state index is 0.0742. The van der Waals surface area contributed by atoms with Crippen LogP contribution in [0.25, 0.3) is 0 Å². The molecule has 0 heterocycles. The van der Waals surface area contributed by atoms with Gasteiger partial charge in [0.05, 0.1) is 6.61 Å². The third kappa shape index (κ3) is 40.6. The number of esters is 2. The number of allylic oxidation sites excluding steroid dienone is 8. The number of ether oxygens (including phenoxy) is 2. The first-order chi connectivity index (χ1) is 25.6. The Kier molecular flexibility index (Phi) is 41.5. The Bertz CT molecular complexity index is 873. The predicted molar refractivity (Wildman–Crippen MR) is 224 cm³/mol. The number of hydrogen-bond donors (Lipinski definition) is 1. The molecule has 0 rings (SSSR count). The Balaban J connectivity index is 3.53. The average molecular weight is 729 g/mol. The second-order valence-electron chi connectivity index (χ2n) is 14.8. The van der Waals surface area contributed by atoms with Crippen LogP contribution in [0, 0.1) is 0 Å². The van der Waals surface area contributed by atoms with Crippen molar-refractivity contribution in [2.75, 3.05) is 13.2 Å². The zero-order valence-electron chi connectivity index (χ0n) is 34.3. The van der Waals surface area contributed by atoms with E-state index in [0.29, 0.717) is 12.8 Å². The number of aliphatic hydroxyl groups is 1. The van der Waals surface area contributed by atoms with Crippen molar-refractivity contribution in [3.63, 3.8) is 0 Å². The lowest BCUT2D eigenvalue weighted by Gasteiger charge is -2.15. The zero-order chi connectivity index (χ0) is 37.8. The van der Waals surface area contributed by atoms with Crippen molar-refractivity contribution in [2.45, 2.75) is 225 Å². The SMILES string of the molecule is CC/C=C\C/C=C\C/C=C\C/C=C\CCCCCCC(=O)O[C@@H](CO)COC(=O)CCCCCCCCCCCCCCCCCCCCCCC. The molecule has 52 heavy (non-hydrogen) atoms. The molecule has 0 unspecified atom stereocenters. The lowest BCUT2D eigenvalue weighted by Crippen LogP contribution is -2.28. The van der Waals surface area contributed by atoms with Gasteiger partial charge in [-0.05, 0) is 51.4 Å². The van der Waals surface area contributed by atoms with Gasteiger partial charge in [0.1, 0.15) is 6.61 Å². The van der Waals surface area contributed by atoms with Crippen LogP contribution >= 0.6 is 0 Å². The summed E-state index contributed by atoms with van der Waals surface area (Å²) in [5.74, 6) is -0.612. The van der Waals surface area contributed by atoms with Gasteiger partial charge in [0, 0.05) is 12.8 Å². The lowest BCUT2D eigenvalue weighted by molar-refractivity contribution is -0.161. The summed E-state index contributed by atoms with van der Waals surface area (Å²) in [6.07, 6.45) is 54.7. The highest BCUT2D eigenvalue weighted by atomic mass is 16.6. The molecule has 0 fully saturated rings. The summed E-state index contributed by atoms with van der Waals surface area (Å²) < 4.78 is 10.6. The third-order valence-corrected chi connectivity index (χ3v) is 9.64. The summed E-state index contributed by atoms with van der Waals surface area (Å²) in [4.78, 5) is 24.3. The molecule has 0 aromatic heterocycles. The van der Waals surface area contributed by atoms with Crippen LogP contribution in [-0.2, 0) is 19.1 Å². The van der Waals surface area contributed by atoms with Crippen LogP contribution in [0.15, 0.2) is 48.6 Å². The second-order valence-corrected chi connectivity index (χ2v) is 14.8. The van der Waals surface area contributed by atoms with Crippen molar-refractivity contribution in [1.82, 2.24) is 0 Å². The van der Waals surface area contributed by atoms with Gasteiger partial charge >= 0.3 is 11.9 Å². The smallest absolute Gasteiger partial charge is 0.306 e. The standard InChI is InChI=1S/C47H84O5/c1-3-5-7-9-11-13-15-17-19-21-22-23-24-26-27-29-31-33-35-37-39-41-46(49)51-44-45(43-48)52-47(50)42-40-38-36-34-32-30-28-25-20-18-16-14-12-10-8-6-4-2/h6,8,12,14,18,20,28,30,45,48H,3-5,7,9-11,13,15-17,19,21-27,29,31-44H2,1-2H3/b8-6-,14-12-,20-18-,30-28-/t45-/m0/s1. The number of unbranched alkanes of at least 4 members (excludes halogenated alkanes) is 24. The molecule has 0 aliphatic carbocycles. The normalized spacial score (nSPS) is 12.6. The summed E-state index contributed by atoms with van der Waals surface area (Å²) in [6, 6.07) is 0. The Hall–Kier alpha value is -2.14. The predicted octanol–water partition coefficient (Wildman–Crippen LogP) is 14.2. The fraction of sp³-hybridized carbons (Fsp3) is 0.787. The molecule has 302 valence electrons. The number of carbonyl (C=O) groups is 2. The quantitative estimate of drug-likeness (QED) is 0.0386. The maximum atomic E-state index is 12.2. The molecule has 0 saturated heterocycles. The largest absolute Gasteiger partial charge is 0.462 e. The van der Waals surface area contributed by atoms with Crippen molar-refractivity contribution in [3.8, 4) is 0 Å². The van der Waals surface area contributed by atoms with Gasteiger partial charge in [0.25, 0.3) is 0 Å². The molecule has 0 aliphatic heterocycles. The van der Waals surface area contributed by atoms with E-state index in [0.717, 1.165) is 77.0 Å². The molecule has 0 radical (unpaired) electrons. The van der Waals surface area contributed by atoms with Crippen LogP contribution in [0.1, 0.15) is 219 Å². The minimum atomic E-state index is -0.783. The Morgan fingerprint density at radius 1 is 0.462 bits per heavy atom. The summed E-state index contributed by atoms with van der Waals surface area (Å²) >= 11 is 0. The molecule has 0 aliphatic rings. The summed E-state index contributed by atoms with van der Waals surface area (Å²) in [5, 5.41) is 9.58. The minimum Gasteiger partial charge on any atom is -0.462 e. The number of hydrogen-bond acceptors (Lipinski definition) is 5. The highest BCUT2D eigenvalue weighted by Crippen LogP contribution is 2.16. The van der Waals surface area contributed by atoms with Crippen LogP contribution in [-0.4, -0.2) is 36.4 Å². The van der Waals surface area contributed by atoms with Gasteiger partial charge in [-0.3, -0.25) is 9.59 Å². The number of carbonyl (C=O) groups excluding carboxylic acids is 2. The average Bonchev–Trinajstić information content (AvgIpc) is 3.15. The fourth-order valence-electron chi connectivity index (χ4n) is 6.31. The van der Waals surface area contributed by atoms with Crippen LogP contribution in [0.4, 0.5) is 0 Å². The van der Waals surface area contributed by atoms with E-state index in [9.17, 15) is 14.7 Å². The van der Waals surface area contributed by atoms with E-state index in [4.69, 9.17) is 9.47 Å². The van der Waals surface area contributed by atoms with Gasteiger partial charge in [0.2, 0.25) is 0 Å². The topological polar surface area (TPSA) is 72.8 Å². The Morgan fingerprint density at radius 3 is 1.25 bits per heavy atom. The van der Waals surface area contributed by atoms with Crippen molar-refractivity contribution < 1.29 is 24.2 Å². The van der Waals surface area contributed by atoms with Gasteiger partial charge in [-0.1, -0.05) is 204 Å². The highest BCUT2D eigenvalue weighted by Gasteiger charge is 2.16. The molecule has 0 spiro atoms. The second kappa shape index (κ2) is 43.3. The zero-order valence-corrected chi connectivity index (χ0v) is 34.3. The van der Waals surface area contributed by atoms with Gasteiger partial charge in [-0.15, -0.1) is 0 Å². The van der Waals surface area contributed by atoms with Crippen LogP contribution in [0.2, 0.25) is 0 Å². The van der Waals surface area contributed by atoms with E-state index in [1.807, 2.05) is 0 Å². The molecular weight excluding hydrogens is 645 g/mol. The van der Waals surface area contributed by atoms with E-state index < -0.39 is 6.10 Å². The lowest BCUT2D eigenvalue weighted by atomic mass is 10.0. The van der Waals surface area contributed by atoms with E-state index >= 15 is 0 Å². The van der Waals surface area contributed by atoms with Gasteiger partial charge in [-0.2, -0.15) is 0 Å². The third-order valence-electron chi connectivity index (χ3n) is 9.64. The first-order valence-electron chi connectivity index (χ1n) is 22.2. The molecule has 0 saturated carbocycles. The van der Waals surface area contributed by atoms with Crippen LogP contribution in [0.3, 0.4) is 0 Å². The molecular formula is C47H84O5. The maximum absolute atomic E-state index is 12.2. The first kappa shape index (κ1) is 49.9. The molecule has 0 aromatic carbocycles. The number of rotatable bonds is 40. The Labute approximate surface area is 322 Å². The van der Waals surface area contributed by atoms with Crippen molar-refractivity contribution >= 4 is 11.9 Å².